The third-order valence-corrected chi connectivity index (χ3v) is 2.85. The molecule has 0 amide bonds. The smallest absolute Gasteiger partial charge is 0.0590 e. The molecule has 1 aliphatic rings. The fourth-order valence-electron chi connectivity index (χ4n) is 2.06. The Balaban J connectivity index is 2.39. The molecule has 1 aromatic rings. The molecule has 2 heterocycles. The summed E-state index contributed by atoms with van der Waals surface area (Å²) >= 11 is 0. The average Bonchev–Trinajstić information content (AvgIpc) is 2.51. The molecule has 0 saturated carbocycles. The second-order valence-corrected chi connectivity index (χ2v) is 4.92. The Morgan fingerprint density at radius 3 is 2.85 bits per heavy atom. The van der Waals surface area contributed by atoms with Crippen LogP contribution in [0.1, 0.15) is 45.0 Å². The van der Waals surface area contributed by atoms with Crippen molar-refractivity contribution in [1.82, 2.24) is 9.78 Å². The van der Waals surface area contributed by atoms with E-state index in [0.717, 1.165) is 6.42 Å². The zero-order chi connectivity index (χ0) is 9.64. The van der Waals surface area contributed by atoms with Crippen LogP contribution in [-0.2, 0) is 0 Å². The summed E-state index contributed by atoms with van der Waals surface area (Å²) in [5.74, 6) is 0. The van der Waals surface area contributed by atoms with Crippen LogP contribution in [0.3, 0.4) is 0 Å². The third kappa shape index (κ3) is 1.27. The number of hydrogen-bond donors (Lipinski definition) is 1. The largest absolute Gasteiger partial charge is 0.323 e. The van der Waals surface area contributed by atoms with Gasteiger partial charge in [0.25, 0.3) is 0 Å². The summed E-state index contributed by atoms with van der Waals surface area (Å²) in [6.45, 7) is 6.71. The summed E-state index contributed by atoms with van der Waals surface area (Å²) in [6.07, 6.45) is 2.86. The van der Waals surface area contributed by atoms with Gasteiger partial charge in [-0.15, -0.1) is 0 Å². The van der Waals surface area contributed by atoms with Crippen LogP contribution in [0.4, 0.5) is 0 Å². The van der Waals surface area contributed by atoms with Crippen molar-refractivity contribution in [3.8, 4) is 0 Å². The molecule has 13 heavy (non-hydrogen) atoms. The number of fused-ring (bicyclic) bond motifs is 1. The first-order valence-corrected chi connectivity index (χ1v) is 4.79. The summed E-state index contributed by atoms with van der Waals surface area (Å²) in [5.41, 5.74) is 7.44. The number of aromatic nitrogens is 2. The van der Waals surface area contributed by atoms with Crippen molar-refractivity contribution in [3.05, 3.63) is 18.0 Å². The van der Waals surface area contributed by atoms with E-state index in [0.29, 0.717) is 6.04 Å². The average molecular weight is 179 g/mol. The van der Waals surface area contributed by atoms with Gasteiger partial charge < -0.3 is 5.73 Å². The Hall–Kier alpha value is -0.830. The Kier molecular flexibility index (Phi) is 1.74. The monoisotopic (exact) mass is 179 g/mol. The molecule has 2 atom stereocenters. The molecule has 0 unspecified atom stereocenters. The van der Waals surface area contributed by atoms with Gasteiger partial charge in [0.2, 0.25) is 0 Å². The van der Waals surface area contributed by atoms with E-state index in [1.54, 1.807) is 0 Å². The topological polar surface area (TPSA) is 43.8 Å². The van der Waals surface area contributed by atoms with E-state index in [4.69, 9.17) is 5.73 Å². The second kappa shape index (κ2) is 2.58. The van der Waals surface area contributed by atoms with Crippen molar-refractivity contribution < 1.29 is 0 Å². The lowest BCUT2D eigenvalue weighted by Crippen LogP contribution is -2.22. The van der Waals surface area contributed by atoms with E-state index in [1.165, 1.54) is 5.69 Å². The standard InChI is InChI=1S/C10H17N3/c1-10(2,3)9-6-7(11)8-4-5-12-13(8)9/h4-5,7,9H,6,11H2,1-3H3/t7-,9+/m0/s1. The predicted molar refractivity (Wildman–Crippen MR) is 52.3 cm³/mol. The third-order valence-electron chi connectivity index (χ3n) is 2.85. The van der Waals surface area contributed by atoms with Crippen LogP contribution >= 0.6 is 0 Å². The highest BCUT2D eigenvalue weighted by Crippen LogP contribution is 2.42. The van der Waals surface area contributed by atoms with Crippen molar-refractivity contribution in [2.45, 2.75) is 39.3 Å². The molecule has 0 aromatic carbocycles. The maximum atomic E-state index is 6.02. The molecule has 0 fully saturated rings. The highest BCUT2D eigenvalue weighted by Gasteiger charge is 2.36. The number of nitrogens with zero attached hydrogens (tertiary/aromatic N) is 2. The van der Waals surface area contributed by atoms with Crippen LogP contribution in [0.25, 0.3) is 0 Å². The van der Waals surface area contributed by atoms with Crippen molar-refractivity contribution in [3.63, 3.8) is 0 Å². The Labute approximate surface area is 78.9 Å². The SMILES string of the molecule is CC(C)(C)[C@H]1C[C@H](N)c2ccnn21. The van der Waals surface area contributed by atoms with E-state index in [9.17, 15) is 0 Å². The summed E-state index contributed by atoms with van der Waals surface area (Å²) in [6, 6.07) is 2.65. The molecule has 3 heteroatoms. The lowest BCUT2D eigenvalue weighted by Gasteiger charge is -2.27. The van der Waals surface area contributed by atoms with Gasteiger partial charge in [-0.2, -0.15) is 5.10 Å². The molecule has 0 radical (unpaired) electrons. The summed E-state index contributed by atoms with van der Waals surface area (Å²) in [7, 11) is 0. The van der Waals surface area contributed by atoms with Crippen LogP contribution < -0.4 is 5.73 Å². The molecule has 0 aliphatic carbocycles. The van der Waals surface area contributed by atoms with Crippen molar-refractivity contribution in [2.75, 3.05) is 0 Å². The maximum Gasteiger partial charge on any atom is 0.0590 e. The lowest BCUT2D eigenvalue weighted by molar-refractivity contribution is 0.230. The minimum absolute atomic E-state index is 0.173. The molecule has 1 aliphatic heterocycles. The van der Waals surface area contributed by atoms with Gasteiger partial charge in [-0.1, -0.05) is 20.8 Å². The van der Waals surface area contributed by atoms with Gasteiger partial charge in [0.15, 0.2) is 0 Å². The minimum atomic E-state index is 0.173. The molecule has 0 saturated heterocycles. The van der Waals surface area contributed by atoms with E-state index in [2.05, 4.69) is 30.6 Å². The van der Waals surface area contributed by atoms with E-state index in [1.807, 2.05) is 12.3 Å². The highest BCUT2D eigenvalue weighted by atomic mass is 15.3. The minimum Gasteiger partial charge on any atom is -0.323 e. The zero-order valence-corrected chi connectivity index (χ0v) is 8.49. The molecular weight excluding hydrogens is 162 g/mol. The van der Waals surface area contributed by atoms with Gasteiger partial charge in [-0.3, -0.25) is 4.68 Å². The van der Waals surface area contributed by atoms with E-state index in [-0.39, 0.29) is 11.5 Å². The van der Waals surface area contributed by atoms with Crippen LogP contribution in [0, 0.1) is 5.41 Å². The highest BCUT2D eigenvalue weighted by molar-refractivity contribution is 5.14. The molecule has 72 valence electrons. The quantitative estimate of drug-likeness (QED) is 0.660. The molecule has 0 spiro atoms. The van der Waals surface area contributed by atoms with Gasteiger partial charge in [-0.05, 0) is 17.9 Å². The van der Waals surface area contributed by atoms with Crippen molar-refractivity contribution >= 4 is 0 Å². The Morgan fingerprint density at radius 1 is 1.54 bits per heavy atom. The van der Waals surface area contributed by atoms with Gasteiger partial charge in [0, 0.05) is 12.2 Å². The molecule has 2 rings (SSSR count). The number of nitrogens with two attached hydrogens (primary N) is 1. The molecule has 1 aromatic heterocycles. The van der Waals surface area contributed by atoms with Gasteiger partial charge in [-0.25, -0.2) is 0 Å². The summed E-state index contributed by atoms with van der Waals surface area (Å²) in [5, 5.41) is 4.33. The maximum absolute atomic E-state index is 6.02. The van der Waals surface area contributed by atoms with Gasteiger partial charge >= 0.3 is 0 Å². The summed E-state index contributed by atoms with van der Waals surface area (Å²) in [4.78, 5) is 0. The molecule has 3 nitrogen and oxygen atoms in total. The van der Waals surface area contributed by atoms with E-state index >= 15 is 0 Å². The first-order chi connectivity index (χ1) is 6.00. The molecular formula is C10H17N3. The van der Waals surface area contributed by atoms with Crippen LogP contribution in [-0.4, -0.2) is 9.78 Å². The normalized spacial score (nSPS) is 27.7. The van der Waals surface area contributed by atoms with Crippen molar-refractivity contribution in [2.24, 2.45) is 11.1 Å². The Bertz CT molecular complexity index is 308. The van der Waals surface area contributed by atoms with E-state index < -0.39 is 0 Å². The first kappa shape index (κ1) is 8.75. The molecule has 0 bridgehead atoms. The number of hydrogen-bond acceptors (Lipinski definition) is 2. The van der Waals surface area contributed by atoms with Crippen molar-refractivity contribution in [1.29, 1.82) is 0 Å². The summed E-state index contributed by atoms with van der Waals surface area (Å²) < 4.78 is 2.09. The molecule has 2 N–H and O–H groups in total. The number of rotatable bonds is 0. The van der Waals surface area contributed by atoms with Crippen LogP contribution in [0.5, 0.6) is 0 Å². The van der Waals surface area contributed by atoms with Crippen LogP contribution in [0.2, 0.25) is 0 Å². The first-order valence-electron chi connectivity index (χ1n) is 4.79. The Morgan fingerprint density at radius 2 is 2.23 bits per heavy atom. The predicted octanol–water partition coefficient (Wildman–Crippen LogP) is 1.87. The fraction of sp³-hybridized carbons (Fsp3) is 0.700. The van der Waals surface area contributed by atoms with Crippen LogP contribution in [0.15, 0.2) is 12.3 Å². The second-order valence-electron chi connectivity index (χ2n) is 4.92. The van der Waals surface area contributed by atoms with Gasteiger partial charge in [0.05, 0.1) is 11.7 Å². The fourth-order valence-corrected chi connectivity index (χ4v) is 2.06. The lowest BCUT2D eigenvalue weighted by atomic mass is 9.85. The zero-order valence-electron chi connectivity index (χ0n) is 8.49. The van der Waals surface area contributed by atoms with Gasteiger partial charge in [0.1, 0.15) is 0 Å².